The summed E-state index contributed by atoms with van der Waals surface area (Å²) in [6, 6.07) is 0. The molecule has 0 spiro atoms. The molecule has 0 aromatic carbocycles. The standard InChI is InChI=1S/C14H19N5O2/c20-7-10-3-4-11(21-10)19-9-17-12-13(15-8-16-14(12)19)18-5-1-2-6-18/h8-11,20H,1-7H2. The molecule has 0 radical (unpaired) electrons. The molecule has 2 unspecified atom stereocenters. The number of aromatic nitrogens is 4. The lowest BCUT2D eigenvalue weighted by molar-refractivity contribution is -0.0207. The quantitative estimate of drug-likeness (QED) is 0.911. The SMILES string of the molecule is OCC1CCC(n2cnc3c(N4CCCC4)ncnc32)O1. The van der Waals surface area contributed by atoms with Crippen molar-refractivity contribution in [3.05, 3.63) is 12.7 Å². The van der Waals surface area contributed by atoms with Gasteiger partial charge in [0.05, 0.1) is 19.0 Å². The summed E-state index contributed by atoms with van der Waals surface area (Å²) in [6.45, 7) is 2.13. The highest BCUT2D eigenvalue weighted by molar-refractivity contribution is 5.83. The molecule has 4 heterocycles. The molecule has 112 valence electrons. The summed E-state index contributed by atoms with van der Waals surface area (Å²) >= 11 is 0. The highest BCUT2D eigenvalue weighted by Gasteiger charge is 2.28. The van der Waals surface area contributed by atoms with E-state index in [1.807, 2.05) is 4.57 Å². The van der Waals surface area contributed by atoms with Crippen LogP contribution in [0, 0.1) is 0 Å². The zero-order valence-corrected chi connectivity index (χ0v) is 11.9. The monoisotopic (exact) mass is 289 g/mol. The average Bonchev–Trinajstić information content (AvgIpc) is 3.25. The van der Waals surface area contributed by atoms with Crippen LogP contribution in [0.5, 0.6) is 0 Å². The number of aliphatic hydroxyl groups excluding tert-OH is 1. The zero-order valence-electron chi connectivity index (χ0n) is 11.9. The van der Waals surface area contributed by atoms with Gasteiger partial charge in [-0.2, -0.15) is 0 Å². The number of aliphatic hydroxyl groups is 1. The van der Waals surface area contributed by atoms with Crippen LogP contribution in [0.15, 0.2) is 12.7 Å². The number of imidazole rings is 1. The second kappa shape index (κ2) is 5.23. The normalized spacial score (nSPS) is 26.0. The van der Waals surface area contributed by atoms with Crippen LogP contribution in [0.4, 0.5) is 5.82 Å². The van der Waals surface area contributed by atoms with Crippen LogP contribution in [0.1, 0.15) is 31.9 Å². The molecule has 7 nitrogen and oxygen atoms in total. The van der Waals surface area contributed by atoms with Gasteiger partial charge in [0.25, 0.3) is 0 Å². The van der Waals surface area contributed by atoms with E-state index in [0.717, 1.165) is 42.9 Å². The van der Waals surface area contributed by atoms with Crippen molar-refractivity contribution in [2.45, 2.75) is 38.0 Å². The Morgan fingerprint density at radius 1 is 1.19 bits per heavy atom. The second-order valence-electron chi connectivity index (χ2n) is 5.69. The molecule has 2 aliphatic heterocycles. The molecule has 2 atom stereocenters. The number of nitrogens with zero attached hydrogens (tertiary/aromatic N) is 5. The molecule has 0 saturated carbocycles. The Morgan fingerprint density at radius 2 is 2.05 bits per heavy atom. The molecule has 2 fully saturated rings. The number of anilines is 1. The number of hydrogen-bond donors (Lipinski definition) is 1. The summed E-state index contributed by atoms with van der Waals surface area (Å²) in [4.78, 5) is 15.6. The maximum atomic E-state index is 9.20. The molecule has 0 amide bonds. The van der Waals surface area contributed by atoms with Crippen LogP contribution in [0.3, 0.4) is 0 Å². The van der Waals surface area contributed by atoms with Gasteiger partial charge < -0.3 is 14.7 Å². The van der Waals surface area contributed by atoms with Crippen LogP contribution < -0.4 is 4.90 Å². The number of ether oxygens (including phenoxy) is 1. The predicted octanol–water partition coefficient (Wildman–Crippen LogP) is 1.10. The van der Waals surface area contributed by atoms with Crippen molar-refractivity contribution in [1.82, 2.24) is 19.5 Å². The first-order valence-electron chi connectivity index (χ1n) is 7.55. The summed E-state index contributed by atoms with van der Waals surface area (Å²) < 4.78 is 7.79. The molecule has 2 aromatic heterocycles. The fraction of sp³-hybridized carbons (Fsp3) is 0.643. The molecule has 1 N–H and O–H groups in total. The Morgan fingerprint density at radius 3 is 2.81 bits per heavy atom. The number of hydrogen-bond acceptors (Lipinski definition) is 6. The largest absolute Gasteiger partial charge is 0.394 e. The Hall–Kier alpha value is -1.73. The average molecular weight is 289 g/mol. The van der Waals surface area contributed by atoms with E-state index in [4.69, 9.17) is 4.74 Å². The van der Waals surface area contributed by atoms with Crippen molar-refractivity contribution in [1.29, 1.82) is 0 Å². The van der Waals surface area contributed by atoms with Gasteiger partial charge in [-0.15, -0.1) is 0 Å². The second-order valence-corrected chi connectivity index (χ2v) is 5.69. The smallest absolute Gasteiger partial charge is 0.167 e. The molecular formula is C14H19N5O2. The van der Waals surface area contributed by atoms with Gasteiger partial charge in [-0.25, -0.2) is 15.0 Å². The molecule has 21 heavy (non-hydrogen) atoms. The summed E-state index contributed by atoms with van der Waals surface area (Å²) in [5.41, 5.74) is 1.66. The zero-order chi connectivity index (χ0) is 14.2. The lowest BCUT2D eigenvalue weighted by Gasteiger charge is -2.17. The Kier molecular flexibility index (Phi) is 3.23. The third kappa shape index (κ3) is 2.16. The summed E-state index contributed by atoms with van der Waals surface area (Å²) in [5.74, 6) is 0.924. The van der Waals surface area contributed by atoms with Crippen molar-refractivity contribution < 1.29 is 9.84 Å². The topological polar surface area (TPSA) is 76.3 Å². The third-order valence-corrected chi connectivity index (χ3v) is 4.34. The van der Waals surface area contributed by atoms with E-state index in [9.17, 15) is 5.11 Å². The highest BCUT2D eigenvalue weighted by atomic mass is 16.5. The summed E-state index contributed by atoms with van der Waals surface area (Å²) in [5, 5.41) is 9.20. The van der Waals surface area contributed by atoms with Crippen LogP contribution >= 0.6 is 0 Å². The number of rotatable bonds is 3. The van der Waals surface area contributed by atoms with E-state index in [1.54, 1.807) is 12.7 Å². The van der Waals surface area contributed by atoms with Crippen LogP contribution in [0.2, 0.25) is 0 Å². The van der Waals surface area contributed by atoms with Crippen molar-refractivity contribution in [3.63, 3.8) is 0 Å². The molecule has 7 heteroatoms. The van der Waals surface area contributed by atoms with Gasteiger partial charge in [0.15, 0.2) is 17.0 Å². The fourth-order valence-electron chi connectivity index (χ4n) is 3.24. The first kappa shape index (κ1) is 13.0. The van der Waals surface area contributed by atoms with Gasteiger partial charge in [-0.05, 0) is 25.7 Å². The molecule has 0 aliphatic carbocycles. The Bertz CT molecular complexity index is 637. The van der Waals surface area contributed by atoms with E-state index < -0.39 is 0 Å². The summed E-state index contributed by atoms with van der Waals surface area (Å²) in [7, 11) is 0. The van der Waals surface area contributed by atoms with Crippen LogP contribution in [-0.2, 0) is 4.74 Å². The van der Waals surface area contributed by atoms with Gasteiger partial charge in [0.1, 0.15) is 12.6 Å². The van der Waals surface area contributed by atoms with Gasteiger partial charge in [-0.1, -0.05) is 0 Å². The lowest BCUT2D eigenvalue weighted by Crippen LogP contribution is -2.19. The Balaban J connectivity index is 1.70. The molecule has 0 bridgehead atoms. The van der Waals surface area contributed by atoms with E-state index in [1.165, 1.54) is 12.8 Å². The maximum Gasteiger partial charge on any atom is 0.167 e. The Labute approximate surface area is 122 Å². The van der Waals surface area contributed by atoms with Gasteiger partial charge in [0, 0.05) is 13.1 Å². The predicted molar refractivity (Wildman–Crippen MR) is 77.0 cm³/mol. The first-order chi connectivity index (χ1) is 10.4. The van der Waals surface area contributed by atoms with Gasteiger partial charge in [0.2, 0.25) is 0 Å². The first-order valence-corrected chi connectivity index (χ1v) is 7.55. The van der Waals surface area contributed by atoms with E-state index in [2.05, 4.69) is 19.9 Å². The third-order valence-electron chi connectivity index (χ3n) is 4.34. The van der Waals surface area contributed by atoms with Crippen molar-refractivity contribution in [2.75, 3.05) is 24.6 Å². The maximum absolute atomic E-state index is 9.20. The van der Waals surface area contributed by atoms with Crippen molar-refractivity contribution in [3.8, 4) is 0 Å². The van der Waals surface area contributed by atoms with Crippen LogP contribution in [0.25, 0.3) is 11.2 Å². The van der Waals surface area contributed by atoms with Crippen molar-refractivity contribution >= 4 is 17.0 Å². The van der Waals surface area contributed by atoms with E-state index in [-0.39, 0.29) is 18.9 Å². The van der Waals surface area contributed by atoms with E-state index in [0.29, 0.717) is 0 Å². The molecular weight excluding hydrogens is 270 g/mol. The van der Waals surface area contributed by atoms with Crippen molar-refractivity contribution in [2.24, 2.45) is 0 Å². The minimum absolute atomic E-state index is 0.0666. The number of fused-ring (bicyclic) bond motifs is 1. The molecule has 2 aromatic rings. The molecule has 4 rings (SSSR count). The van der Waals surface area contributed by atoms with E-state index >= 15 is 0 Å². The minimum Gasteiger partial charge on any atom is -0.394 e. The van der Waals surface area contributed by atoms with Gasteiger partial charge >= 0.3 is 0 Å². The molecule has 2 aliphatic rings. The summed E-state index contributed by atoms with van der Waals surface area (Å²) in [6.07, 6.45) is 7.37. The lowest BCUT2D eigenvalue weighted by atomic mass is 10.2. The van der Waals surface area contributed by atoms with Crippen LogP contribution in [-0.4, -0.2) is 50.4 Å². The highest BCUT2D eigenvalue weighted by Crippen LogP contribution is 2.32. The fourth-order valence-corrected chi connectivity index (χ4v) is 3.24. The molecule has 2 saturated heterocycles. The van der Waals surface area contributed by atoms with Gasteiger partial charge in [-0.3, -0.25) is 4.57 Å². The minimum atomic E-state index is -0.0894.